The van der Waals surface area contributed by atoms with E-state index in [0.29, 0.717) is 35.9 Å². The summed E-state index contributed by atoms with van der Waals surface area (Å²) in [6.07, 6.45) is 3.07. The third-order valence-electron chi connectivity index (χ3n) is 8.76. The fourth-order valence-electron chi connectivity index (χ4n) is 6.03. The molecule has 0 aliphatic carbocycles. The first kappa shape index (κ1) is 34.8. The fraction of sp³-hybridized carbons (Fsp3) is 0.410. The van der Waals surface area contributed by atoms with Gasteiger partial charge in [-0.1, -0.05) is 38.1 Å². The van der Waals surface area contributed by atoms with Crippen LogP contribution >= 0.6 is 0 Å². The van der Waals surface area contributed by atoms with Gasteiger partial charge in [0.25, 0.3) is 0 Å². The monoisotopic (exact) mass is 654 g/mol. The quantitative estimate of drug-likeness (QED) is 0.166. The molecule has 5 rings (SSSR count). The molecule has 1 unspecified atom stereocenters. The molecular formula is C39H47FN4O4. The van der Waals surface area contributed by atoms with Gasteiger partial charge in [0.2, 0.25) is 0 Å². The number of aliphatic carboxylic acids is 1. The molecule has 9 heteroatoms. The molecule has 0 amide bonds. The van der Waals surface area contributed by atoms with Crippen molar-refractivity contribution in [3.8, 4) is 16.9 Å². The van der Waals surface area contributed by atoms with E-state index in [0.717, 1.165) is 59.7 Å². The lowest BCUT2D eigenvalue weighted by Crippen LogP contribution is -2.39. The maximum atomic E-state index is 13.3. The fourth-order valence-corrected chi connectivity index (χ4v) is 6.03. The van der Waals surface area contributed by atoms with Gasteiger partial charge in [-0.25, -0.2) is 14.2 Å². The smallest absolute Gasteiger partial charge is 0.337 e. The van der Waals surface area contributed by atoms with Crippen molar-refractivity contribution in [3.05, 3.63) is 95.2 Å². The van der Waals surface area contributed by atoms with Crippen LogP contribution in [0.4, 0.5) is 21.6 Å². The molecule has 48 heavy (non-hydrogen) atoms. The maximum Gasteiger partial charge on any atom is 0.337 e. The van der Waals surface area contributed by atoms with E-state index in [4.69, 9.17) is 14.5 Å². The average Bonchev–Trinajstić information content (AvgIpc) is 3.02. The van der Waals surface area contributed by atoms with Crippen molar-refractivity contribution in [2.75, 3.05) is 29.9 Å². The van der Waals surface area contributed by atoms with Crippen molar-refractivity contribution in [2.24, 2.45) is 5.41 Å². The summed E-state index contributed by atoms with van der Waals surface area (Å²) in [5, 5.41) is 14.2. The first-order chi connectivity index (χ1) is 22.7. The lowest BCUT2D eigenvalue weighted by atomic mass is 9.82. The highest BCUT2D eigenvalue weighted by molar-refractivity contribution is 5.93. The number of piperidine rings is 1. The predicted molar refractivity (Wildman–Crippen MR) is 189 cm³/mol. The third-order valence-corrected chi connectivity index (χ3v) is 8.76. The molecule has 254 valence electrons. The van der Waals surface area contributed by atoms with Crippen molar-refractivity contribution >= 4 is 23.2 Å². The number of pyridine rings is 2. The number of carboxylic acid groups (broad SMARTS) is 1. The number of hydrogen-bond donors (Lipinski definition) is 2. The molecule has 1 aliphatic rings. The molecule has 3 heterocycles. The molecule has 0 saturated carbocycles. The number of aryl methyl sites for hydroxylation is 2. The van der Waals surface area contributed by atoms with Crippen LogP contribution in [0.2, 0.25) is 0 Å². The van der Waals surface area contributed by atoms with Crippen molar-refractivity contribution in [3.63, 3.8) is 0 Å². The van der Waals surface area contributed by atoms with Crippen LogP contribution < -0.4 is 15.0 Å². The van der Waals surface area contributed by atoms with Gasteiger partial charge < -0.3 is 24.8 Å². The summed E-state index contributed by atoms with van der Waals surface area (Å²) in [5.41, 5.74) is 5.68. The number of rotatable bonds is 11. The van der Waals surface area contributed by atoms with Gasteiger partial charge in [0, 0.05) is 42.5 Å². The van der Waals surface area contributed by atoms with E-state index in [1.54, 1.807) is 18.3 Å². The molecule has 1 fully saturated rings. The van der Waals surface area contributed by atoms with Gasteiger partial charge in [0.1, 0.15) is 17.4 Å². The van der Waals surface area contributed by atoms with Crippen molar-refractivity contribution < 1.29 is 23.8 Å². The SMILES string of the molecule is Cc1ncccc1Nc1nc(C)c(C(OC(C)(C)C)C(=O)O)c(N2CCC(C)(C)CC2)c1-c1ccc(OCCc2ccc(F)cc2)cc1. The Kier molecular flexibility index (Phi) is 10.4. The van der Waals surface area contributed by atoms with Crippen molar-refractivity contribution in [1.29, 1.82) is 0 Å². The highest BCUT2D eigenvalue weighted by atomic mass is 19.1. The minimum atomic E-state index is -1.23. The normalized spacial score (nSPS) is 15.2. The first-order valence-corrected chi connectivity index (χ1v) is 16.6. The Labute approximate surface area is 283 Å². The van der Waals surface area contributed by atoms with Gasteiger partial charge in [0.15, 0.2) is 6.10 Å². The van der Waals surface area contributed by atoms with E-state index in [-0.39, 0.29) is 11.2 Å². The summed E-state index contributed by atoms with van der Waals surface area (Å²) < 4.78 is 25.7. The average molecular weight is 655 g/mol. The number of halogens is 1. The first-order valence-electron chi connectivity index (χ1n) is 16.6. The second kappa shape index (κ2) is 14.3. The van der Waals surface area contributed by atoms with Gasteiger partial charge in [-0.2, -0.15) is 0 Å². The van der Waals surface area contributed by atoms with E-state index in [2.05, 4.69) is 29.0 Å². The Morgan fingerprint density at radius 3 is 2.29 bits per heavy atom. The second-order valence-corrected chi connectivity index (χ2v) is 14.3. The number of carbonyl (C=O) groups is 1. The Balaban J connectivity index is 1.63. The number of nitrogens with zero attached hydrogens (tertiary/aromatic N) is 3. The largest absolute Gasteiger partial charge is 0.493 e. The Morgan fingerprint density at radius 1 is 1.02 bits per heavy atom. The Bertz CT molecular complexity index is 1720. The van der Waals surface area contributed by atoms with Crippen LogP contribution in [-0.2, 0) is 16.0 Å². The second-order valence-electron chi connectivity index (χ2n) is 14.3. The number of hydrogen-bond acceptors (Lipinski definition) is 7. The maximum absolute atomic E-state index is 13.3. The minimum Gasteiger partial charge on any atom is -0.493 e. The number of ether oxygens (including phenoxy) is 2. The summed E-state index contributed by atoms with van der Waals surface area (Å²) in [6, 6.07) is 18.1. The molecule has 1 atom stereocenters. The zero-order chi connectivity index (χ0) is 34.6. The predicted octanol–water partition coefficient (Wildman–Crippen LogP) is 8.83. The Hall–Kier alpha value is -4.50. The molecule has 2 N–H and O–H groups in total. The lowest BCUT2D eigenvalue weighted by molar-refractivity contribution is -0.160. The number of benzene rings is 2. The van der Waals surface area contributed by atoms with E-state index in [9.17, 15) is 14.3 Å². The topological polar surface area (TPSA) is 96.8 Å². The standard InChI is InChI=1S/C39H47FN4O4/c1-25-31(9-8-21-41-25)43-36-33(28-12-16-30(17-13-28)47-24-18-27-10-14-29(40)15-11-27)34(44-22-19-39(6,7)20-23-44)32(26(2)42-36)35(37(45)46)48-38(3,4)5/h8-17,21,35H,18-20,22-24H2,1-7H3,(H,42,43)(H,45,46). The van der Waals surface area contributed by atoms with E-state index < -0.39 is 17.7 Å². The number of aromatic nitrogens is 2. The summed E-state index contributed by atoms with van der Waals surface area (Å²) in [7, 11) is 0. The summed E-state index contributed by atoms with van der Waals surface area (Å²) in [5.74, 6) is -0.0199. The van der Waals surface area contributed by atoms with Gasteiger partial charge >= 0.3 is 5.97 Å². The van der Waals surface area contributed by atoms with Crippen LogP contribution in [0.25, 0.3) is 11.1 Å². The van der Waals surface area contributed by atoms with Crippen LogP contribution in [0.3, 0.4) is 0 Å². The van der Waals surface area contributed by atoms with Crippen LogP contribution in [0.5, 0.6) is 5.75 Å². The molecule has 1 aliphatic heterocycles. The zero-order valence-corrected chi connectivity index (χ0v) is 29.1. The molecule has 2 aromatic carbocycles. The number of anilines is 3. The highest BCUT2D eigenvalue weighted by Crippen LogP contribution is 2.47. The Morgan fingerprint density at radius 2 is 1.69 bits per heavy atom. The summed E-state index contributed by atoms with van der Waals surface area (Å²) >= 11 is 0. The van der Waals surface area contributed by atoms with Gasteiger partial charge in [0.05, 0.1) is 29.3 Å². The molecule has 0 spiro atoms. The number of nitrogens with one attached hydrogen (secondary N) is 1. The molecular weight excluding hydrogens is 607 g/mol. The summed E-state index contributed by atoms with van der Waals surface area (Å²) in [6.45, 7) is 15.9. The van der Waals surface area contributed by atoms with Crippen molar-refractivity contribution in [2.45, 2.75) is 79.4 Å². The van der Waals surface area contributed by atoms with Crippen LogP contribution in [-0.4, -0.2) is 46.3 Å². The van der Waals surface area contributed by atoms with E-state index >= 15 is 0 Å². The van der Waals surface area contributed by atoms with E-state index in [1.807, 2.05) is 71.0 Å². The molecule has 1 saturated heterocycles. The van der Waals surface area contributed by atoms with E-state index in [1.165, 1.54) is 12.1 Å². The van der Waals surface area contributed by atoms with Gasteiger partial charge in [-0.3, -0.25) is 4.98 Å². The minimum absolute atomic E-state index is 0.174. The molecule has 4 aromatic rings. The lowest BCUT2D eigenvalue weighted by Gasteiger charge is -2.41. The molecule has 2 aromatic heterocycles. The van der Waals surface area contributed by atoms with Crippen LogP contribution in [0.15, 0.2) is 66.9 Å². The highest BCUT2D eigenvalue weighted by Gasteiger charge is 2.37. The zero-order valence-electron chi connectivity index (χ0n) is 29.1. The van der Waals surface area contributed by atoms with Gasteiger partial charge in [-0.05, 0) is 100 Å². The molecule has 0 radical (unpaired) electrons. The molecule has 0 bridgehead atoms. The summed E-state index contributed by atoms with van der Waals surface area (Å²) in [4.78, 5) is 24.8. The van der Waals surface area contributed by atoms with Gasteiger partial charge in [-0.15, -0.1) is 0 Å². The third kappa shape index (κ3) is 8.50. The molecule has 8 nitrogen and oxygen atoms in total. The van der Waals surface area contributed by atoms with Crippen LogP contribution in [0, 0.1) is 25.1 Å². The van der Waals surface area contributed by atoms with Crippen molar-refractivity contribution in [1.82, 2.24) is 9.97 Å². The van der Waals surface area contributed by atoms with Crippen LogP contribution in [0.1, 0.15) is 76.1 Å². The number of carboxylic acids is 1.